The number of hydrogen-bond acceptors (Lipinski definition) is 3. The van der Waals surface area contributed by atoms with Crippen LogP contribution in [0.4, 0.5) is 18.9 Å². The molecule has 1 saturated heterocycles. The maximum absolute atomic E-state index is 12.5. The predicted molar refractivity (Wildman–Crippen MR) is 110 cm³/mol. The Morgan fingerprint density at radius 3 is 2.26 bits per heavy atom. The van der Waals surface area contributed by atoms with Gasteiger partial charge in [0.05, 0.1) is 12.1 Å². The first-order valence-electron chi connectivity index (χ1n) is 9.75. The van der Waals surface area contributed by atoms with Gasteiger partial charge < -0.3 is 10.4 Å². The number of nitrogens with one attached hydrogen (secondary N) is 1. The van der Waals surface area contributed by atoms with E-state index in [1.54, 1.807) is 36.4 Å². The summed E-state index contributed by atoms with van der Waals surface area (Å²) in [5, 5.41) is 11.9. The van der Waals surface area contributed by atoms with E-state index >= 15 is 0 Å². The Bertz CT molecular complexity index is 1020. The molecular weight excluding hydrogens is 409 g/mol. The van der Waals surface area contributed by atoms with E-state index in [2.05, 4.69) is 17.2 Å². The number of halogens is 3. The van der Waals surface area contributed by atoms with Crippen molar-refractivity contribution in [2.45, 2.75) is 19.0 Å². The van der Waals surface area contributed by atoms with Crippen molar-refractivity contribution < 1.29 is 27.9 Å². The first-order chi connectivity index (χ1) is 14.7. The van der Waals surface area contributed by atoms with Gasteiger partial charge in [0.25, 0.3) is 0 Å². The van der Waals surface area contributed by atoms with Crippen molar-refractivity contribution in [2.24, 2.45) is 5.92 Å². The molecule has 0 aromatic heterocycles. The van der Waals surface area contributed by atoms with Gasteiger partial charge in [-0.3, -0.25) is 9.69 Å². The molecule has 2 aromatic rings. The van der Waals surface area contributed by atoms with Gasteiger partial charge in [0.1, 0.15) is 0 Å². The van der Waals surface area contributed by atoms with Crippen LogP contribution in [0.1, 0.15) is 34.3 Å². The first-order valence-corrected chi connectivity index (χ1v) is 9.75. The molecule has 0 saturated carbocycles. The minimum atomic E-state index is -4.23. The molecule has 162 valence electrons. The van der Waals surface area contributed by atoms with E-state index in [-0.39, 0.29) is 30.5 Å². The number of carbonyl (C=O) groups is 2. The molecule has 0 aliphatic carbocycles. The fourth-order valence-corrected chi connectivity index (χ4v) is 3.40. The maximum atomic E-state index is 12.5. The minimum absolute atomic E-state index is 0.147. The normalized spacial score (nSPS) is 15.1. The van der Waals surface area contributed by atoms with E-state index in [4.69, 9.17) is 5.11 Å². The van der Waals surface area contributed by atoms with Crippen LogP contribution in [0.5, 0.6) is 0 Å². The van der Waals surface area contributed by atoms with Crippen molar-refractivity contribution >= 4 is 17.6 Å². The lowest BCUT2D eigenvalue weighted by Crippen LogP contribution is -2.42. The summed E-state index contributed by atoms with van der Waals surface area (Å²) in [5.74, 6) is 4.26. The summed E-state index contributed by atoms with van der Waals surface area (Å²) in [6, 6.07) is 13.2. The van der Waals surface area contributed by atoms with Crippen molar-refractivity contribution in [1.29, 1.82) is 0 Å². The Morgan fingerprint density at radius 1 is 1.03 bits per heavy atom. The molecule has 0 bridgehead atoms. The standard InChI is InChI=1S/C23H21F3N2O3/c24-23(25,26)15-28-11-9-18(10-12-28)21(29)27-20-6-2-4-17(14-20)8-7-16-3-1-5-19(13-16)22(30)31/h1-6,13-14,18H,9-12,15H2,(H,27,29)(H,30,31). The number of carboxylic acids is 1. The van der Waals surface area contributed by atoms with E-state index in [9.17, 15) is 22.8 Å². The molecular formula is C23H21F3N2O3. The highest BCUT2D eigenvalue weighted by Gasteiger charge is 2.33. The number of piperidine rings is 1. The van der Waals surface area contributed by atoms with Crippen LogP contribution in [-0.2, 0) is 4.79 Å². The Kier molecular flexibility index (Phi) is 6.98. The number of anilines is 1. The quantitative estimate of drug-likeness (QED) is 0.720. The Hall–Kier alpha value is -3.31. The summed E-state index contributed by atoms with van der Waals surface area (Å²) >= 11 is 0. The van der Waals surface area contributed by atoms with Crippen LogP contribution >= 0.6 is 0 Å². The number of nitrogens with zero attached hydrogens (tertiary/aromatic N) is 1. The molecule has 5 nitrogen and oxygen atoms in total. The molecule has 3 rings (SSSR count). The summed E-state index contributed by atoms with van der Waals surface area (Å²) in [6.07, 6.45) is -3.48. The van der Waals surface area contributed by atoms with Crippen LogP contribution in [0.2, 0.25) is 0 Å². The van der Waals surface area contributed by atoms with Crippen LogP contribution in [0, 0.1) is 17.8 Å². The zero-order valence-electron chi connectivity index (χ0n) is 16.6. The number of likely N-dealkylation sites (tertiary alicyclic amines) is 1. The molecule has 1 heterocycles. The average molecular weight is 430 g/mol. The number of rotatable bonds is 4. The minimum Gasteiger partial charge on any atom is -0.478 e. The highest BCUT2D eigenvalue weighted by Crippen LogP contribution is 2.23. The maximum Gasteiger partial charge on any atom is 0.401 e. The molecule has 31 heavy (non-hydrogen) atoms. The van der Waals surface area contributed by atoms with Gasteiger partial charge in [0.15, 0.2) is 0 Å². The van der Waals surface area contributed by atoms with Gasteiger partial charge in [-0.1, -0.05) is 24.0 Å². The number of carboxylic acid groups (broad SMARTS) is 1. The molecule has 0 unspecified atom stereocenters. The first kappa shape index (κ1) is 22.4. The number of benzene rings is 2. The highest BCUT2D eigenvalue weighted by molar-refractivity contribution is 5.92. The Morgan fingerprint density at radius 2 is 1.65 bits per heavy atom. The second kappa shape index (κ2) is 9.67. The third-order valence-electron chi connectivity index (χ3n) is 4.95. The average Bonchev–Trinajstić information content (AvgIpc) is 2.72. The molecule has 2 aromatic carbocycles. The van der Waals surface area contributed by atoms with Gasteiger partial charge in [-0.15, -0.1) is 0 Å². The van der Waals surface area contributed by atoms with Gasteiger partial charge in [-0.05, 0) is 62.3 Å². The van der Waals surface area contributed by atoms with Crippen LogP contribution in [0.15, 0.2) is 48.5 Å². The van der Waals surface area contributed by atoms with Crippen molar-refractivity contribution in [3.05, 3.63) is 65.2 Å². The monoisotopic (exact) mass is 430 g/mol. The summed E-state index contributed by atoms with van der Waals surface area (Å²) in [4.78, 5) is 24.9. The molecule has 0 atom stereocenters. The molecule has 2 N–H and O–H groups in total. The third-order valence-corrected chi connectivity index (χ3v) is 4.95. The van der Waals surface area contributed by atoms with Gasteiger partial charge in [-0.2, -0.15) is 13.2 Å². The van der Waals surface area contributed by atoms with E-state index in [1.165, 1.54) is 17.0 Å². The fraction of sp³-hybridized carbons (Fsp3) is 0.304. The number of carbonyl (C=O) groups excluding carboxylic acids is 1. The second-order valence-electron chi connectivity index (χ2n) is 7.37. The lowest BCUT2D eigenvalue weighted by Gasteiger charge is -2.31. The Labute approximate surface area is 177 Å². The topological polar surface area (TPSA) is 69.6 Å². The molecule has 0 spiro atoms. The summed E-state index contributed by atoms with van der Waals surface area (Å²) in [5.41, 5.74) is 1.89. The van der Waals surface area contributed by atoms with Crippen LogP contribution in [0.3, 0.4) is 0 Å². The zero-order valence-corrected chi connectivity index (χ0v) is 16.6. The zero-order chi connectivity index (χ0) is 22.4. The fourth-order valence-electron chi connectivity index (χ4n) is 3.40. The van der Waals surface area contributed by atoms with E-state index in [1.807, 2.05) is 0 Å². The molecule has 8 heteroatoms. The summed E-state index contributed by atoms with van der Waals surface area (Å²) < 4.78 is 37.5. The van der Waals surface area contributed by atoms with Gasteiger partial charge >= 0.3 is 12.1 Å². The number of aromatic carboxylic acids is 1. The van der Waals surface area contributed by atoms with Gasteiger partial charge in [-0.25, -0.2) is 4.79 Å². The van der Waals surface area contributed by atoms with E-state index in [0.717, 1.165) is 0 Å². The number of hydrogen-bond donors (Lipinski definition) is 2. The van der Waals surface area contributed by atoms with Crippen molar-refractivity contribution in [3.63, 3.8) is 0 Å². The van der Waals surface area contributed by atoms with E-state index in [0.29, 0.717) is 29.7 Å². The van der Waals surface area contributed by atoms with E-state index < -0.39 is 18.7 Å². The molecule has 0 radical (unpaired) electrons. The molecule has 1 aliphatic rings. The highest BCUT2D eigenvalue weighted by atomic mass is 19.4. The number of alkyl halides is 3. The van der Waals surface area contributed by atoms with Crippen molar-refractivity contribution in [1.82, 2.24) is 4.90 Å². The van der Waals surface area contributed by atoms with Crippen LogP contribution in [0.25, 0.3) is 0 Å². The number of amides is 1. The largest absolute Gasteiger partial charge is 0.478 e. The van der Waals surface area contributed by atoms with Crippen molar-refractivity contribution in [3.8, 4) is 11.8 Å². The summed E-state index contributed by atoms with van der Waals surface area (Å²) in [7, 11) is 0. The Balaban J connectivity index is 1.60. The predicted octanol–water partition coefficient (Wildman–Crippen LogP) is 4.00. The SMILES string of the molecule is O=C(O)c1cccc(C#Cc2cccc(NC(=O)C3CCN(CC(F)(F)F)CC3)c2)c1. The van der Waals surface area contributed by atoms with Crippen LogP contribution in [-0.4, -0.2) is 47.7 Å². The smallest absolute Gasteiger partial charge is 0.401 e. The molecule has 1 amide bonds. The van der Waals surface area contributed by atoms with Crippen molar-refractivity contribution in [2.75, 3.05) is 25.0 Å². The lowest BCUT2D eigenvalue weighted by atomic mass is 9.95. The molecule has 1 aliphatic heterocycles. The lowest BCUT2D eigenvalue weighted by molar-refractivity contribution is -0.149. The summed E-state index contributed by atoms with van der Waals surface area (Å²) in [6.45, 7) is -0.478. The van der Waals surface area contributed by atoms with Gasteiger partial charge in [0, 0.05) is 22.7 Å². The van der Waals surface area contributed by atoms with Crippen LogP contribution < -0.4 is 5.32 Å². The second-order valence-corrected chi connectivity index (χ2v) is 7.37. The third kappa shape index (κ3) is 6.86. The molecule has 1 fully saturated rings. The van der Waals surface area contributed by atoms with Gasteiger partial charge in [0.2, 0.25) is 5.91 Å².